The van der Waals surface area contributed by atoms with Gasteiger partial charge in [-0.05, 0) is 23.1 Å². The summed E-state index contributed by atoms with van der Waals surface area (Å²) in [6.45, 7) is 3.59. The van der Waals surface area contributed by atoms with Crippen molar-refractivity contribution in [2.75, 3.05) is 18.1 Å². The van der Waals surface area contributed by atoms with Crippen LogP contribution in [0.3, 0.4) is 0 Å². The molecular weight excluding hydrogens is 524 g/mol. The summed E-state index contributed by atoms with van der Waals surface area (Å²) in [6.07, 6.45) is 6.61. The molecule has 1 unspecified atom stereocenters. The molecule has 1 fully saturated rings. The second-order valence-electron chi connectivity index (χ2n) is 7.24. The average Bonchev–Trinajstić information content (AvgIpc) is 3.30. The number of thioether (sulfide) groups is 2. The van der Waals surface area contributed by atoms with E-state index in [1.807, 2.05) is 12.1 Å². The number of β-lactam (4-membered cyclic amide) rings is 1. The molecule has 1 saturated heterocycles. The number of carboxylic acids is 1. The summed E-state index contributed by atoms with van der Waals surface area (Å²) in [5.41, 5.74) is 6.49. The van der Waals surface area contributed by atoms with Crippen molar-refractivity contribution >= 4 is 69.6 Å². The van der Waals surface area contributed by atoms with Crippen LogP contribution in [0.2, 0.25) is 0 Å². The number of nitrogens with zero attached hydrogens (tertiary/aromatic N) is 4. The molecule has 14 heteroatoms. The highest BCUT2D eigenvalue weighted by Crippen LogP contribution is 2.43. The number of thiazole rings is 1. The van der Waals surface area contributed by atoms with Gasteiger partial charge in [-0.15, -0.1) is 23.1 Å². The van der Waals surface area contributed by atoms with Crippen molar-refractivity contribution in [3.8, 4) is 0 Å². The number of carbonyl (C=O) groups excluding carboxylic acids is 2. The number of carboxylic acid groups (broad SMARTS) is 1. The van der Waals surface area contributed by atoms with E-state index in [1.54, 1.807) is 29.2 Å². The van der Waals surface area contributed by atoms with Crippen LogP contribution in [0.15, 0.2) is 63.7 Å². The van der Waals surface area contributed by atoms with E-state index in [1.165, 1.54) is 34.5 Å². The van der Waals surface area contributed by atoms with E-state index in [-0.39, 0.29) is 28.8 Å². The standard InChI is InChI=1S/C22H20N6O5S3/c1-2-7-33-27-15(13-10-36-22(23)25-13)18(29)26-16-19(30)28-17(21(31)32)14(11-35-20(16)28)34-8-5-12-4-3-6-24-9-12/h2-6,8-10,16,20H,1,7,11H2,(H2,23,25)(H,26,29)(H,31,32)/t16?,20-/m0/s1. The molecule has 4 rings (SSSR count). The quantitative estimate of drug-likeness (QED) is 0.133. The van der Waals surface area contributed by atoms with Gasteiger partial charge in [0.15, 0.2) is 10.8 Å². The molecular formula is C22H20N6O5S3. The minimum atomic E-state index is -1.21. The highest BCUT2D eigenvalue weighted by molar-refractivity contribution is 8.08. The predicted octanol–water partition coefficient (Wildman–Crippen LogP) is 2.13. The highest BCUT2D eigenvalue weighted by Gasteiger charge is 2.54. The summed E-state index contributed by atoms with van der Waals surface area (Å²) in [5, 5.41) is 19.3. The van der Waals surface area contributed by atoms with E-state index in [4.69, 9.17) is 10.6 Å². The lowest BCUT2D eigenvalue weighted by Crippen LogP contribution is -2.71. The molecule has 2 atom stereocenters. The van der Waals surface area contributed by atoms with E-state index < -0.39 is 29.2 Å². The van der Waals surface area contributed by atoms with Gasteiger partial charge in [0.1, 0.15) is 29.4 Å². The molecule has 2 aromatic rings. The Morgan fingerprint density at radius 1 is 1.47 bits per heavy atom. The Morgan fingerprint density at radius 3 is 2.97 bits per heavy atom. The van der Waals surface area contributed by atoms with E-state index in [0.717, 1.165) is 16.9 Å². The molecule has 2 amide bonds. The average molecular weight is 545 g/mol. The number of pyridine rings is 1. The zero-order chi connectivity index (χ0) is 25.7. The van der Waals surface area contributed by atoms with Crippen LogP contribution in [0.25, 0.3) is 6.08 Å². The first-order valence-corrected chi connectivity index (χ1v) is 13.2. The third-order valence-corrected chi connectivity index (χ3v) is 7.94. The van der Waals surface area contributed by atoms with Crippen molar-refractivity contribution in [3.05, 3.63) is 69.8 Å². The van der Waals surface area contributed by atoms with Gasteiger partial charge in [0.05, 0.1) is 0 Å². The Bertz CT molecular complexity index is 1280. The van der Waals surface area contributed by atoms with Crippen LogP contribution in [0, 0.1) is 0 Å². The van der Waals surface area contributed by atoms with Gasteiger partial charge in [-0.1, -0.05) is 35.6 Å². The molecule has 4 heterocycles. The molecule has 0 spiro atoms. The van der Waals surface area contributed by atoms with E-state index in [9.17, 15) is 19.5 Å². The van der Waals surface area contributed by atoms with E-state index >= 15 is 0 Å². The number of carbonyl (C=O) groups is 3. The molecule has 186 valence electrons. The monoisotopic (exact) mass is 544 g/mol. The van der Waals surface area contributed by atoms with Gasteiger partial charge >= 0.3 is 5.97 Å². The van der Waals surface area contributed by atoms with Crippen LogP contribution in [0.1, 0.15) is 11.3 Å². The number of fused-ring (bicyclic) bond motifs is 1. The number of hydrogen-bond acceptors (Lipinski definition) is 11. The van der Waals surface area contributed by atoms with Crippen molar-refractivity contribution in [1.29, 1.82) is 0 Å². The van der Waals surface area contributed by atoms with Crippen molar-refractivity contribution < 1.29 is 24.3 Å². The van der Waals surface area contributed by atoms with Crippen molar-refractivity contribution in [2.24, 2.45) is 5.16 Å². The molecule has 0 radical (unpaired) electrons. The molecule has 0 saturated carbocycles. The molecule has 0 aliphatic carbocycles. The van der Waals surface area contributed by atoms with Crippen LogP contribution in [0.5, 0.6) is 0 Å². The number of nitrogen functional groups attached to an aromatic ring is 1. The normalized spacial score (nSPS) is 19.6. The second-order valence-corrected chi connectivity index (χ2v) is 10.2. The first-order chi connectivity index (χ1) is 17.4. The van der Waals surface area contributed by atoms with Crippen LogP contribution >= 0.6 is 34.9 Å². The molecule has 2 aromatic heterocycles. The first kappa shape index (κ1) is 25.5. The summed E-state index contributed by atoms with van der Waals surface area (Å²) in [5.74, 6) is -2.08. The molecule has 0 bridgehead atoms. The minimum absolute atomic E-state index is 0.0630. The Labute approximate surface area is 218 Å². The molecule has 36 heavy (non-hydrogen) atoms. The van der Waals surface area contributed by atoms with Crippen molar-refractivity contribution in [1.82, 2.24) is 20.2 Å². The number of rotatable bonds is 10. The van der Waals surface area contributed by atoms with Crippen molar-refractivity contribution in [3.63, 3.8) is 0 Å². The maximum Gasteiger partial charge on any atom is 0.353 e. The zero-order valence-corrected chi connectivity index (χ0v) is 21.0. The summed E-state index contributed by atoms with van der Waals surface area (Å²) in [4.78, 5) is 52.9. The number of amides is 2. The fraction of sp³-hybridized carbons (Fsp3) is 0.182. The summed E-state index contributed by atoms with van der Waals surface area (Å²) >= 11 is 3.71. The van der Waals surface area contributed by atoms with Gasteiger partial charge in [0, 0.05) is 28.4 Å². The van der Waals surface area contributed by atoms with Gasteiger partial charge in [0.2, 0.25) is 0 Å². The summed E-state index contributed by atoms with van der Waals surface area (Å²) in [7, 11) is 0. The molecule has 4 N–H and O–H groups in total. The van der Waals surface area contributed by atoms with Crippen LogP contribution in [-0.2, 0) is 19.2 Å². The topological polar surface area (TPSA) is 160 Å². The van der Waals surface area contributed by atoms with E-state index in [0.29, 0.717) is 10.7 Å². The van der Waals surface area contributed by atoms with Gasteiger partial charge in [-0.2, -0.15) is 0 Å². The fourth-order valence-electron chi connectivity index (χ4n) is 3.32. The number of nitrogens with two attached hydrogens (primary N) is 1. The predicted molar refractivity (Wildman–Crippen MR) is 140 cm³/mol. The number of hydrogen-bond donors (Lipinski definition) is 3. The number of aromatic nitrogens is 2. The summed E-state index contributed by atoms with van der Waals surface area (Å²) in [6, 6.07) is 2.73. The van der Waals surface area contributed by atoms with Gasteiger partial charge < -0.3 is 21.0 Å². The van der Waals surface area contributed by atoms with Crippen LogP contribution in [0.4, 0.5) is 5.13 Å². The maximum absolute atomic E-state index is 13.0. The smallest absolute Gasteiger partial charge is 0.353 e. The van der Waals surface area contributed by atoms with E-state index in [2.05, 4.69) is 27.0 Å². The second kappa shape index (κ2) is 11.4. The minimum Gasteiger partial charge on any atom is -0.477 e. The van der Waals surface area contributed by atoms with Gasteiger partial charge in [0.25, 0.3) is 11.8 Å². The Balaban J connectivity index is 1.49. The lowest BCUT2D eigenvalue weighted by atomic mass is 10.0. The lowest BCUT2D eigenvalue weighted by Gasteiger charge is -2.49. The molecule has 2 aliphatic heterocycles. The largest absolute Gasteiger partial charge is 0.477 e. The number of anilines is 1. The van der Waals surface area contributed by atoms with Gasteiger partial charge in [-0.25, -0.2) is 9.78 Å². The fourth-order valence-corrected chi connectivity index (χ4v) is 6.22. The Morgan fingerprint density at radius 2 is 2.31 bits per heavy atom. The number of aliphatic carboxylic acids is 1. The maximum atomic E-state index is 13.0. The first-order valence-electron chi connectivity index (χ1n) is 10.4. The zero-order valence-electron chi connectivity index (χ0n) is 18.6. The molecule has 2 aliphatic rings. The van der Waals surface area contributed by atoms with Crippen molar-refractivity contribution in [2.45, 2.75) is 11.4 Å². The van der Waals surface area contributed by atoms with Crippen LogP contribution in [-0.4, -0.2) is 67.2 Å². The van der Waals surface area contributed by atoms with Gasteiger partial charge in [-0.3, -0.25) is 19.5 Å². The Hall–Kier alpha value is -3.62. The molecule has 0 aromatic carbocycles. The molecule has 11 nitrogen and oxygen atoms in total. The third kappa shape index (κ3) is 5.45. The SMILES string of the molecule is C=CCON=C(C(=O)NC1C(=O)N2C(C(=O)O)=C(SC=Cc3cccnc3)CS[C@@H]12)c1csc(N)n1. The summed E-state index contributed by atoms with van der Waals surface area (Å²) < 4.78 is 0. The third-order valence-electron chi connectivity index (χ3n) is 4.91. The lowest BCUT2D eigenvalue weighted by molar-refractivity contribution is -0.150. The van der Waals surface area contributed by atoms with Crippen LogP contribution < -0.4 is 11.1 Å². The number of nitrogens with one attached hydrogen (secondary N) is 1. The Kier molecular flexibility index (Phi) is 8.07. The highest BCUT2D eigenvalue weighted by atomic mass is 32.2. The number of oxime groups is 1.